The van der Waals surface area contributed by atoms with E-state index in [0.29, 0.717) is 0 Å². The molecule has 1 aliphatic heterocycles. The highest BCUT2D eigenvalue weighted by Gasteiger charge is 2.19. The summed E-state index contributed by atoms with van der Waals surface area (Å²) in [6.45, 7) is 4.57. The third-order valence-corrected chi connectivity index (χ3v) is 4.15. The van der Waals surface area contributed by atoms with Crippen molar-refractivity contribution in [3.8, 4) is 0 Å². The normalized spacial score (nSPS) is 20.4. The van der Waals surface area contributed by atoms with E-state index in [9.17, 15) is 0 Å². The number of nitrogens with one attached hydrogen (secondary N) is 1. The van der Waals surface area contributed by atoms with Crippen molar-refractivity contribution in [1.82, 2.24) is 15.2 Å². The highest BCUT2D eigenvalue weighted by Crippen LogP contribution is 2.19. The van der Waals surface area contributed by atoms with Crippen molar-refractivity contribution in [2.75, 3.05) is 26.7 Å². The van der Waals surface area contributed by atoms with Crippen LogP contribution in [0.2, 0.25) is 0 Å². The average molecular weight is 269 g/mol. The summed E-state index contributed by atoms with van der Waals surface area (Å²) in [6.07, 6.45) is 4.70. The van der Waals surface area contributed by atoms with E-state index in [1.807, 2.05) is 19.3 Å². The average Bonchev–Trinajstić information content (AvgIpc) is 2.48. The van der Waals surface area contributed by atoms with Gasteiger partial charge >= 0.3 is 0 Å². The Kier molecular flexibility index (Phi) is 4.28. The molecule has 1 N–H and O–H groups in total. The van der Waals surface area contributed by atoms with Gasteiger partial charge in [0, 0.05) is 24.7 Å². The summed E-state index contributed by atoms with van der Waals surface area (Å²) in [5.74, 6) is 0.794. The summed E-state index contributed by atoms with van der Waals surface area (Å²) in [4.78, 5) is 7.13. The maximum absolute atomic E-state index is 4.56. The first-order valence-electron chi connectivity index (χ1n) is 7.56. The minimum Gasteiger partial charge on any atom is -0.319 e. The molecule has 20 heavy (non-hydrogen) atoms. The largest absolute Gasteiger partial charge is 0.319 e. The molecule has 2 heterocycles. The molecule has 3 heteroatoms. The Morgan fingerprint density at radius 2 is 2.25 bits per heavy atom. The van der Waals surface area contributed by atoms with Gasteiger partial charge in [0.15, 0.2) is 0 Å². The molecule has 1 saturated heterocycles. The highest BCUT2D eigenvalue weighted by atomic mass is 15.1. The Labute approximate surface area is 121 Å². The topological polar surface area (TPSA) is 28.2 Å². The zero-order valence-corrected chi connectivity index (χ0v) is 12.2. The number of benzene rings is 1. The van der Waals surface area contributed by atoms with Crippen LogP contribution in [0.5, 0.6) is 0 Å². The van der Waals surface area contributed by atoms with E-state index in [2.05, 4.69) is 39.5 Å². The summed E-state index contributed by atoms with van der Waals surface area (Å²) >= 11 is 0. The zero-order valence-electron chi connectivity index (χ0n) is 12.2. The number of likely N-dealkylation sites (tertiary alicyclic amines) is 1. The highest BCUT2D eigenvalue weighted by molar-refractivity contribution is 5.78. The third kappa shape index (κ3) is 3.17. The first kappa shape index (κ1) is 13.5. The van der Waals surface area contributed by atoms with Gasteiger partial charge in [0.1, 0.15) is 0 Å². The predicted molar refractivity (Wildman–Crippen MR) is 83.7 cm³/mol. The fraction of sp³-hybridized carbons (Fsp3) is 0.471. The maximum Gasteiger partial charge on any atom is 0.0702 e. The SMILES string of the molecule is CNCC1CCCN(Cc2cnc3ccccc3c2)C1. The molecule has 3 rings (SSSR count). The van der Waals surface area contributed by atoms with Crippen LogP contribution in [-0.2, 0) is 6.54 Å². The smallest absolute Gasteiger partial charge is 0.0702 e. The van der Waals surface area contributed by atoms with Crippen molar-refractivity contribution in [2.24, 2.45) is 5.92 Å². The second-order valence-corrected chi connectivity index (χ2v) is 5.84. The maximum atomic E-state index is 4.56. The molecule has 106 valence electrons. The molecule has 0 amide bonds. The molecular formula is C17H23N3. The van der Waals surface area contributed by atoms with Gasteiger partial charge < -0.3 is 5.32 Å². The molecule has 1 unspecified atom stereocenters. The monoisotopic (exact) mass is 269 g/mol. The van der Waals surface area contributed by atoms with E-state index < -0.39 is 0 Å². The van der Waals surface area contributed by atoms with Crippen LogP contribution >= 0.6 is 0 Å². The van der Waals surface area contributed by atoms with E-state index in [0.717, 1.165) is 24.5 Å². The summed E-state index contributed by atoms with van der Waals surface area (Å²) in [7, 11) is 2.05. The Hall–Kier alpha value is -1.45. The van der Waals surface area contributed by atoms with Gasteiger partial charge in [0.05, 0.1) is 5.52 Å². The molecular weight excluding hydrogens is 246 g/mol. The number of pyridine rings is 1. The van der Waals surface area contributed by atoms with Crippen LogP contribution in [0.25, 0.3) is 10.9 Å². The number of fused-ring (bicyclic) bond motifs is 1. The quantitative estimate of drug-likeness (QED) is 0.925. The van der Waals surface area contributed by atoms with Crippen LogP contribution < -0.4 is 5.32 Å². The van der Waals surface area contributed by atoms with Crippen LogP contribution in [0.3, 0.4) is 0 Å². The number of rotatable bonds is 4. The van der Waals surface area contributed by atoms with Crippen LogP contribution in [0.4, 0.5) is 0 Å². The third-order valence-electron chi connectivity index (χ3n) is 4.15. The molecule has 1 aromatic carbocycles. The number of para-hydroxylation sites is 1. The van der Waals surface area contributed by atoms with Gasteiger partial charge in [-0.25, -0.2) is 0 Å². The Morgan fingerprint density at radius 3 is 3.15 bits per heavy atom. The molecule has 2 aromatic rings. The summed E-state index contributed by atoms with van der Waals surface area (Å²) in [6, 6.07) is 10.6. The minimum absolute atomic E-state index is 0.794. The first-order chi connectivity index (χ1) is 9.85. The van der Waals surface area contributed by atoms with Crippen molar-refractivity contribution >= 4 is 10.9 Å². The van der Waals surface area contributed by atoms with E-state index >= 15 is 0 Å². The summed E-state index contributed by atoms with van der Waals surface area (Å²) in [5.41, 5.74) is 2.41. The molecule has 1 aromatic heterocycles. The van der Waals surface area contributed by atoms with Gasteiger partial charge in [-0.15, -0.1) is 0 Å². The van der Waals surface area contributed by atoms with Crippen molar-refractivity contribution in [1.29, 1.82) is 0 Å². The standard InChI is InChI=1S/C17H23N3/c1-18-10-14-5-4-8-20(12-14)13-15-9-16-6-2-3-7-17(16)19-11-15/h2-3,6-7,9,11,14,18H,4-5,8,10,12-13H2,1H3. The lowest BCUT2D eigenvalue weighted by Gasteiger charge is -2.32. The molecule has 0 radical (unpaired) electrons. The predicted octanol–water partition coefficient (Wildman–Crippen LogP) is 2.67. The molecule has 3 nitrogen and oxygen atoms in total. The molecule has 0 saturated carbocycles. The van der Waals surface area contributed by atoms with Gasteiger partial charge in [-0.2, -0.15) is 0 Å². The van der Waals surface area contributed by atoms with Crippen LogP contribution in [0, 0.1) is 5.92 Å². The van der Waals surface area contributed by atoms with Gasteiger partial charge in [-0.1, -0.05) is 18.2 Å². The Morgan fingerprint density at radius 1 is 1.35 bits per heavy atom. The summed E-state index contributed by atoms with van der Waals surface area (Å²) < 4.78 is 0. The molecule has 1 atom stereocenters. The second kappa shape index (κ2) is 6.33. The fourth-order valence-electron chi connectivity index (χ4n) is 3.21. The van der Waals surface area contributed by atoms with Crippen molar-refractivity contribution in [3.05, 3.63) is 42.1 Å². The Bertz CT molecular complexity index is 565. The lowest BCUT2D eigenvalue weighted by Crippen LogP contribution is -2.38. The van der Waals surface area contributed by atoms with E-state index in [-0.39, 0.29) is 0 Å². The molecule has 0 spiro atoms. The van der Waals surface area contributed by atoms with Crippen LogP contribution in [0.1, 0.15) is 18.4 Å². The number of aromatic nitrogens is 1. The lowest BCUT2D eigenvalue weighted by atomic mass is 9.97. The van der Waals surface area contributed by atoms with Crippen molar-refractivity contribution in [2.45, 2.75) is 19.4 Å². The van der Waals surface area contributed by atoms with E-state index in [1.165, 1.54) is 36.9 Å². The van der Waals surface area contributed by atoms with Crippen molar-refractivity contribution in [3.63, 3.8) is 0 Å². The van der Waals surface area contributed by atoms with Crippen LogP contribution in [0.15, 0.2) is 36.5 Å². The van der Waals surface area contributed by atoms with Gasteiger partial charge in [-0.05, 0) is 56.6 Å². The van der Waals surface area contributed by atoms with Gasteiger partial charge in [0.25, 0.3) is 0 Å². The summed E-state index contributed by atoms with van der Waals surface area (Å²) in [5, 5.41) is 4.55. The number of nitrogens with zero attached hydrogens (tertiary/aromatic N) is 2. The van der Waals surface area contributed by atoms with E-state index in [4.69, 9.17) is 0 Å². The Balaban J connectivity index is 1.69. The fourth-order valence-corrected chi connectivity index (χ4v) is 3.21. The number of hydrogen-bond donors (Lipinski definition) is 1. The van der Waals surface area contributed by atoms with Gasteiger partial charge in [-0.3, -0.25) is 9.88 Å². The van der Waals surface area contributed by atoms with E-state index in [1.54, 1.807) is 0 Å². The molecule has 0 aliphatic carbocycles. The molecule has 1 aliphatic rings. The second-order valence-electron chi connectivity index (χ2n) is 5.84. The van der Waals surface area contributed by atoms with Gasteiger partial charge in [0.2, 0.25) is 0 Å². The molecule has 0 bridgehead atoms. The minimum atomic E-state index is 0.794. The number of hydrogen-bond acceptors (Lipinski definition) is 3. The van der Waals surface area contributed by atoms with Crippen LogP contribution in [-0.4, -0.2) is 36.6 Å². The molecule has 1 fully saturated rings. The number of piperidine rings is 1. The first-order valence-corrected chi connectivity index (χ1v) is 7.56. The zero-order chi connectivity index (χ0) is 13.8. The lowest BCUT2D eigenvalue weighted by molar-refractivity contribution is 0.167. The van der Waals surface area contributed by atoms with Crippen molar-refractivity contribution < 1.29 is 0 Å².